The predicted octanol–water partition coefficient (Wildman–Crippen LogP) is 5.00. The van der Waals surface area contributed by atoms with Crippen LogP contribution in [0.2, 0.25) is 0 Å². The van der Waals surface area contributed by atoms with E-state index in [9.17, 15) is 10.1 Å². The minimum absolute atomic E-state index is 0.281. The first-order valence-electron chi connectivity index (χ1n) is 9.38. The summed E-state index contributed by atoms with van der Waals surface area (Å²) in [5.41, 5.74) is 2.36. The van der Waals surface area contributed by atoms with Crippen LogP contribution in [-0.2, 0) is 0 Å². The number of hydrogen-bond donors (Lipinski definition) is 0. The third-order valence-corrected chi connectivity index (χ3v) is 4.55. The van der Waals surface area contributed by atoms with Gasteiger partial charge in [-0.2, -0.15) is 5.26 Å². The molecule has 0 aliphatic rings. The summed E-state index contributed by atoms with van der Waals surface area (Å²) >= 11 is 0. The van der Waals surface area contributed by atoms with Crippen LogP contribution in [-0.4, -0.2) is 27.3 Å². The van der Waals surface area contributed by atoms with Gasteiger partial charge in [-0.15, -0.1) is 0 Å². The van der Waals surface area contributed by atoms with Crippen molar-refractivity contribution in [1.82, 2.24) is 0 Å². The Hall–Kier alpha value is -4.24. The third-order valence-electron chi connectivity index (χ3n) is 4.55. The molecule has 3 aromatic rings. The Labute approximate surface area is 180 Å². The van der Waals surface area contributed by atoms with Crippen LogP contribution in [0.4, 0.5) is 0 Å². The first kappa shape index (κ1) is 21.5. The van der Waals surface area contributed by atoms with Gasteiger partial charge in [0.05, 0.1) is 38.5 Å². The Morgan fingerprint density at radius 3 is 1.87 bits per heavy atom. The normalized spacial score (nSPS) is 10.7. The third kappa shape index (κ3) is 5.22. The fourth-order valence-electron chi connectivity index (χ4n) is 2.86. The maximum absolute atomic E-state index is 12.4. The molecule has 0 amide bonds. The molecule has 0 aliphatic heterocycles. The van der Waals surface area contributed by atoms with Crippen molar-refractivity contribution in [3.8, 4) is 29.1 Å². The zero-order valence-electron chi connectivity index (χ0n) is 17.4. The molecular weight excluding hydrogens is 394 g/mol. The predicted molar refractivity (Wildman–Crippen MR) is 117 cm³/mol. The summed E-state index contributed by atoms with van der Waals surface area (Å²) in [6.45, 7) is 0. The molecule has 0 radical (unpaired) electrons. The van der Waals surface area contributed by atoms with Gasteiger partial charge in [-0.25, -0.2) is 4.79 Å². The topological polar surface area (TPSA) is 77.8 Å². The summed E-state index contributed by atoms with van der Waals surface area (Å²) in [7, 11) is 4.63. The highest BCUT2D eigenvalue weighted by molar-refractivity contribution is 5.92. The lowest BCUT2D eigenvalue weighted by Crippen LogP contribution is -2.09. The van der Waals surface area contributed by atoms with Crippen molar-refractivity contribution in [2.75, 3.05) is 21.3 Å². The van der Waals surface area contributed by atoms with E-state index in [0.717, 1.165) is 11.1 Å². The number of carbonyl (C=O) groups is 1. The van der Waals surface area contributed by atoms with Crippen molar-refractivity contribution < 1.29 is 23.7 Å². The van der Waals surface area contributed by atoms with Crippen LogP contribution in [0.5, 0.6) is 23.0 Å². The second-order valence-electron chi connectivity index (χ2n) is 6.43. The van der Waals surface area contributed by atoms with E-state index in [-0.39, 0.29) is 5.75 Å². The van der Waals surface area contributed by atoms with E-state index >= 15 is 0 Å². The van der Waals surface area contributed by atoms with Crippen molar-refractivity contribution in [3.63, 3.8) is 0 Å². The average Bonchev–Trinajstić information content (AvgIpc) is 2.83. The van der Waals surface area contributed by atoms with Gasteiger partial charge in [-0.1, -0.05) is 6.07 Å². The molecule has 3 aromatic carbocycles. The number of hydrogen-bond acceptors (Lipinski definition) is 6. The van der Waals surface area contributed by atoms with Gasteiger partial charge in [-0.05, 0) is 77.9 Å². The van der Waals surface area contributed by atoms with Crippen LogP contribution in [0.3, 0.4) is 0 Å². The smallest absolute Gasteiger partial charge is 0.343 e. The van der Waals surface area contributed by atoms with Gasteiger partial charge in [0.25, 0.3) is 0 Å². The Bertz CT molecular complexity index is 1130. The van der Waals surface area contributed by atoms with Gasteiger partial charge < -0.3 is 18.9 Å². The number of carbonyl (C=O) groups excluding carboxylic acids is 1. The molecule has 0 saturated carbocycles. The number of rotatable bonds is 7. The summed E-state index contributed by atoms with van der Waals surface area (Å²) in [5.74, 6) is 1.51. The summed E-state index contributed by atoms with van der Waals surface area (Å²) in [4.78, 5) is 12.4. The lowest BCUT2D eigenvalue weighted by atomic mass is 10.0. The standard InChI is InChI=1S/C25H21NO5/c1-28-21-9-5-18(6-10-21)20(16-26)14-17-4-13-23(24(15-17)30-3)31-25(27)19-7-11-22(29-2)12-8-19/h4-15H,1-3H3/b20-14-. The Balaban J connectivity index is 1.83. The van der Waals surface area contributed by atoms with E-state index in [1.165, 1.54) is 7.11 Å². The minimum Gasteiger partial charge on any atom is -0.497 e. The molecule has 0 bridgehead atoms. The second-order valence-corrected chi connectivity index (χ2v) is 6.43. The van der Waals surface area contributed by atoms with Gasteiger partial charge >= 0.3 is 5.97 Å². The van der Waals surface area contributed by atoms with Crippen LogP contribution >= 0.6 is 0 Å². The molecule has 0 heterocycles. The second kappa shape index (κ2) is 9.99. The van der Waals surface area contributed by atoms with Gasteiger partial charge in [0.1, 0.15) is 11.5 Å². The highest BCUT2D eigenvalue weighted by Crippen LogP contribution is 2.31. The van der Waals surface area contributed by atoms with Crippen LogP contribution < -0.4 is 18.9 Å². The zero-order valence-corrected chi connectivity index (χ0v) is 17.4. The molecule has 156 valence electrons. The number of benzene rings is 3. The van der Waals surface area contributed by atoms with Crippen molar-refractivity contribution in [3.05, 3.63) is 83.4 Å². The summed E-state index contributed by atoms with van der Waals surface area (Å²) in [6.07, 6.45) is 1.74. The van der Waals surface area contributed by atoms with E-state index in [0.29, 0.717) is 28.4 Å². The van der Waals surface area contributed by atoms with E-state index < -0.39 is 5.97 Å². The first-order chi connectivity index (χ1) is 15.1. The maximum Gasteiger partial charge on any atom is 0.343 e. The molecule has 3 rings (SSSR count). The molecule has 0 atom stereocenters. The molecule has 6 nitrogen and oxygen atoms in total. The highest BCUT2D eigenvalue weighted by Gasteiger charge is 2.13. The quantitative estimate of drug-likeness (QED) is 0.234. The molecule has 0 aliphatic carbocycles. The van der Waals surface area contributed by atoms with Crippen molar-refractivity contribution in [2.45, 2.75) is 0 Å². The van der Waals surface area contributed by atoms with Crippen LogP contribution in [0.25, 0.3) is 11.6 Å². The lowest BCUT2D eigenvalue weighted by Gasteiger charge is -2.10. The fraction of sp³-hybridized carbons (Fsp3) is 0.120. The maximum atomic E-state index is 12.4. The van der Waals surface area contributed by atoms with Gasteiger partial charge in [-0.3, -0.25) is 0 Å². The molecule has 0 unspecified atom stereocenters. The van der Waals surface area contributed by atoms with E-state index in [1.807, 2.05) is 12.1 Å². The summed E-state index contributed by atoms with van der Waals surface area (Å²) < 4.78 is 21.1. The Kier molecular flexibility index (Phi) is 6.92. The average molecular weight is 415 g/mol. The zero-order chi connectivity index (χ0) is 22.2. The molecule has 31 heavy (non-hydrogen) atoms. The molecule has 0 saturated heterocycles. The number of methoxy groups -OCH3 is 3. The molecule has 6 heteroatoms. The molecule has 0 aromatic heterocycles. The van der Waals surface area contributed by atoms with Crippen molar-refractivity contribution >= 4 is 17.6 Å². The molecule has 0 spiro atoms. The summed E-state index contributed by atoms with van der Waals surface area (Å²) in [6, 6.07) is 21.1. The van der Waals surface area contributed by atoms with E-state index in [2.05, 4.69) is 6.07 Å². The van der Waals surface area contributed by atoms with Gasteiger partial charge in [0.15, 0.2) is 11.5 Å². The Morgan fingerprint density at radius 1 is 0.774 bits per heavy atom. The van der Waals surface area contributed by atoms with Crippen molar-refractivity contribution in [2.24, 2.45) is 0 Å². The first-order valence-corrected chi connectivity index (χ1v) is 9.38. The number of esters is 1. The Morgan fingerprint density at radius 2 is 1.35 bits per heavy atom. The number of ether oxygens (including phenoxy) is 4. The minimum atomic E-state index is -0.514. The van der Waals surface area contributed by atoms with Crippen molar-refractivity contribution in [1.29, 1.82) is 5.26 Å². The monoisotopic (exact) mass is 415 g/mol. The highest BCUT2D eigenvalue weighted by atomic mass is 16.6. The number of nitriles is 1. The van der Waals surface area contributed by atoms with Crippen LogP contribution in [0.15, 0.2) is 66.7 Å². The molecule has 0 fully saturated rings. The van der Waals surface area contributed by atoms with Crippen LogP contribution in [0, 0.1) is 11.3 Å². The van der Waals surface area contributed by atoms with Crippen LogP contribution in [0.1, 0.15) is 21.5 Å². The molecule has 0 N–H and O–H groups in total. The van der Waals surface area contributed by atoms with E-state index in [1.54, 1.807) is 74.9 Å². The van der Waals surface area contributed by atoms with E-state index in [4.69, 9.17) is 18.9 Å². The van der Waals surface area contributed by atoms with Gasteiger partial charge in [0, 0.05) is 0 Å². The summed E-state index contributed by atoms with van der Waals surface area (Å²) in [5, 5.41) is 9.57. The SMILES string of the molecule is COc1ccc(C(=O)Oc2ccc(/C=C(/C#N)c3ccc(OC)cc3)cc2OC)cc1. The van der Waals surface area contributed by atoms with Gasteiger partial charge in [0.2, 0.25) is 0 Å². The molecular formula is C25H21NO5. The number of allylic oxidation sites excluding steroid dienone is 1. The lowest BCUT2D eigenvalue weighted by molar-refractivity contribution is 0.0729. The fourth-order valence-corrected chi connectivity index (χ4v) is 2.86. The largest absolute Gasteiger partial charge is 0.497 e. The number of nitrogens with zero attached hydrogens (tertiary/aromatic N) is 1.